The molecular formula is C7H14O6. The molecule has 0 bridgehead atoms. The minimum Gasteiger partial charge on any atom is -0.388 e. The normalized spacial score (nSPS) is 46.4. The zero-order chi connectivity index (χ0) is 10.1. The number of aliphatic hydroxyl groups is 3. The van der Waals surface area contributed by atoms with Crippen molar-refractivity contribution in [2.75, 3.05) is 20.8 Å². The highest BCUT2D eigenvalue weighted by Gasteiger charge is 2.52. The van der Waals surface area contributed by atoms with Crippen LogP contribution in [0.25, 0.3) is 0 Å². The molecule has 0 aromatic carbocycles. The number of hydrogen-bond donors (Lipinski definition) is 3. The van der Waals surface area contributed by atoms with Crippen molar-refractivity contribution >= 4 is 0 Å². The van der Waals surface area contributed by atoms with Crippen LogP contribution in [0.5, 0.6) is 0 Å². The molecular weight excluding hydrogens is 180 g/mol. The van der Waals surface area contributed by atoms with E-state index >= 15 is 0 Å². The predicted molar refractivity (Wildman–Crippen MR) is 40.7 cm³/mol. The lowest BCUT2D eigenvalue weighted by Crippen LogP contribution is -2.64. The van der Waals surface area contributed by atoms with E-state index in [2.05, 4.69) is 4.74 Å². The molecule has 4 atom stereocenters. The van der Waals surface area contributed by atoms with E-state index < -0.39 is 24.3 Å². The minimum atomic E-state index is -2.02. The Morgan fingerprint density at radius 1 is 1.38 bits per heavy atom. The van der Waals surface area contributed by atoms with Crippen LogP contribution in [0.4, 0.5) is 0 Å². The van der Waals surface area contributed by atoms with Crippen molar-refractivity contribution in [2.24, 2.45) is 0 Å². The van der Waals surface area contributed by atoms with Crippen molar-refractivity contribution < 1.29 is 29.5 Å². The van der Waals surface area contributed by atoms with E-state index in [1.54, 1.807) is 0 Å². The van der Waals surface area contributed by atoms with Gasteiger partial charge >= 0.3 is 0 Å². The van der Waals surface area contributed by atoms with E-state index in [-0.39, 0.29) is 6.61 Å². The van der Waals surface area contributed by atoms with Gasteiger partial charge in [0.25, 0.3) is 0 Å². The lowest BCUT2D eigenvalue weighted by atomic mass is 10.0. The summed E-state index contributed by atoms with van der Waals surface area (Å²) in [4.78, 5) is 0. The first-order chi connectivity index (χ1) is 6.06. The average Bonchev–Trinajstić information content (AvgIpc) is 2.15. The van der Waals surface area contributed by atoms with Crippen molar-refractivity contribution in [1.29, 1.82) is 0 Å². The zero-order valence-electron chi connectivity index (χ0n) is 7.51. The monoisotopic (exact) mass is 194 g/mol. The Hall–Kier alpha value is -0.240. The van der Waals surface area contributed by atoms with E-state index in [0.717, 1.165) is 0 Å². The molecule has 1 aliphatic rings. The fourth-order valence-corrected chi connectivity index (χ4v) is 1.27. The van der Waals surface area contributed by atoms with Crippen molar-refractivity contribution in [2.45, 2.75) is 24.3 Å². The molecule has 1 fully saturated rings. The van der Waals surface area contributed by atoms with Crippen molar-refractivity contribution in [3.05, 3.63) is 0 Å². The maximum Gasteiger partial charge on any atom is 0.247 e. The molecule has 0 radical (unpaired) electrons. The Morgan fingerprint density at radius 2 is 2.00 bits per heavy atom. The molecule has 1 rings (SSSR count). The van der Waals surface area contributed by atoms with Crippen LogP contribution in [0, 0.1) is 0 Å². The van der Waals surface area contributed by atoms with Gasteiger partial charge in [-0.2, -0.15) is 0 Å². The molecule has 6 heteroatoms. The highest BCUT2D eigenvalue weighted by Crippen LogP contribution is 2.27. The third-order valence-electron chi connectivity index (χ3n) is 2.09. The molecule has 0 aromatic rings. The number of hydrogen-bond acceptors (Lipinski definition) is 6. The summed E-state index contributed by atoms with van der Waals surface area (Å²) in [6, 6.07) is 0. The van der Waals surface area contributed by atoms with Gasteiger partial charge in [0.1, 0.15) is 12.2 Å². The second-order valence-electron chi connectivity index (χ2n) is 2.87. The van der Waals surface area contributed by atoms with E-state index in [4.69, 9.17) is 9.47 Å². The smallest absolute Gasteiger partial charge is 0.247 e. The van der Waals surface area contributed by atoms with Gasteiger partial charge in [0, 0.05) is 14.2 Å². The molecule has 0 aromatic heterocycles. The Morgan fingerprint density at radius 3 is 2.46 bits per heavy atom. The van der Waals surface area contributed by atoms with Crippen LogP contribution in [-0.4, -0.2) is 60.4 Å². The molecule has 0 unspecified atom stereocenters. The first-order valence-corrected chi connectivity index (χ1v) is 3.84. The van der Waals surface area contributed by atoms with Gasteiger partial charge in [-0.25, -0.2) is 0 Å². The largest absolute Gasteiger partial charge is 0.388 e. The SMILES string of the molecule is CO[C@@H]1OC[C@@H](O)[C@@H](O)[C@@]1(O)OC. The summed E-state index contributed by atoms with van der Waals surface area (Å²) in [6.07, 6.45) is -3.73. The Balaban J connectivity index is 2.80. The van der Waals surface area contributed by atoms with Gasteiger partial charge in [0.15, 0.2) is 0 Å². The van der Waals surface area contributed by atoms with Gasteiger partial charge in [-0.05, 0) is 0 Å². The van der Waals surface area contributed by atoms with Gasteiger partial charge < -0.3 is 29.5 Å². The standard InChI is InChI=1S/C7H14O6/c1-11-6-7(10,12-2)5(9)4(8)3-13-6/h4-6,8-10H,3H2,1-2H3/t4-,5-,6-,7-/m1/s1. The van der Waals surface area contributed by atoms with Crippen molar-refractivity contribution in [1.82, 2.24) is 0 Å². The lowest BCUT2D eigenvalue weighted by Gasteiger charge is -2.42. The van der Waals surface area contributed by atoms with Crippen LogP contribution < -0.4 is 0 Å². The second kappa shape index (κ2) is 3.87. The Kier molecular flexibility index (Phi) is 3.23. The second-order valence-corrected chi connectivity index (χ2v) is 2.87. The Bertz CT molecular complexity index is 170. The molecule has 3 N–H and O–H groups in total. The molecule has 1 aliphatic heterocycles. The van der Waals surface area contributed by atoms with Crippen LogP contribution in [0.1, 0.15) is 0 Å². The molecule has 0 saturated carbocycles. The molecule has 0 amide bonds. The highest BCUT2D eigenvalue weighted by atomic mass is 16.7. The first-order valence-electron chi connectivity index (χ1n) is 3.84. The summed E-state index contributed by atoms with van der Waals surface area (Å²) in [6.45, 7) is -0.106. The summed E-state index contributed by atoms with van der Waals surface area (Å²) in [5.74, 6) is -2.02. The number of aliphatic hydroxyl groups excluding tert-OH is 2. The van der Waals surface area contributed by atoms with E-state index in [0.29, 0.717) is 0 Å². The fourth-order valence-electron chi connectivity index (χ4n) is 1.27. The van der Waals surface area contributed by atoms with Crippen LogP contribution in [0.2, 0.25) is 0 Å². The molecule has 78 valence electrons. The third-order valence-corrected chi connectivity index (χ3v) is 2.09. The van der Waals surface area contributed by atoms with E-state index in [1.165, 1.54) is 14.2 Å². The molecule has 1 heterocycles. The summed E-state index contributed by atoms with van der Waals surface area (Å²) < 4.78 is 14.3. The van der Waals surface area contributed by atoms with Crippen LogP contribution >= 0.6 is 0 Å². The molecule has 6 nitrogen and oxygen atoms in total. The quantitative estimate of drug-likeness (QED) is 0.443. The first kappa shape index (κ1) is 10.8. The minimum absolute atomic E-state index is 0.106. The molecule has 0 spiro atoms. The van der Waals surface area contributed by atoms with Crippen molar-refractivity contribution in [3.8, 4) is 0 Å². The topological polar surface area (TPSA) is 88.4 Å². The van der Waals surface area contributed by atoms with Gasteiger partial charge in [0.2, 0.25) is 12.1 Å². The van der Waals surface area contributed by atoms with Crippen molar-refractivity contribution in [3.63, 3.8) is 0 Å². The number of ether oxygens (including phenoxy) is 3. The third kappa shape index (κ3) is 1.69. The lowest BCUT2D eigenvalue weighted by molar-refractivity contribution is -0.390. The maximum atomic E-state index is 9.70. The summed E-state index contributed by atoms with van der Waals surface area (Å²) in [5.41, 5.74) is 0. The van der Waals surface area contributed by atoms with E-state index in [9.17, 15) is 15.3 Å². The fraction of sp³-hybridized carbons (Fsp3) is 1.00. The highest BCUT2D eigenvalue weighted by molar-refractivity contribution is 4.89. The van der Waals surface area contributed by atoms with Crippen LogP contribution in [0.15, 0.2) is 0 Å². The zero-order valence-corrected chi connectivity index (χ0v) is 7.51. The molecule has 1 saturated heterocycles. The van der Waals surface area contributed by atoms with Gasteiger partial charge in [0.05, 0.1) is 6.61 Å². The number of rotatable bonds is 2. The molecule has 13 heavy (non-hydrogen) atoms. The molecule has 0 aliphatic carbocycles. The Labute approximate surface area is 75.6 Å². The average molecular weight is 194 g/mol. The summed E-state index contributed by atoms with van der Waals surface area (Å²) in [5, 5.41) is 28.3. The maximum absolute atomic E-state index is 9.70. The predicted octanol–water partition coefficient (Wildman–Crippen LogP) is -1.95. The van der Waals surface area contributed by atoms with Gasteiger partial charge in [-0.15, -0.1) is 0 Å². The van der Waals surface area contributed by atoms with Crippen LogP contribution in [-0.2, 0) is 14.2 Å². The number of methoxy groups -OCH3 is 2. The van der Waals surface area contributed by atoms with Gasteiger partial charge in [-0.3, -0.25) is 0 Å². The van der Waals surface area contributed by atoms with Gasteiger partial charge in [-0.1, -0.05) is 0 Å². The van der Waals surface area contributed by atoms with Crippen LogP contribution in [0.3, 0.4) is 0 Å². The summed E-state index contributed by atoms with van der Waals surface area (Å²) >= 11 is 0. The summed E-state index contributed by atoms with van der Waals surface area (Å²) in [7, 11) is 2.50. The van der Waals surface area contributed by atoms with E-state index in [1.807, 2.05) is 0 Å².